The second kappa shape index (κ2) is 9.77. The van der Waals surface area contributed by atoms with Gasteiger partial charge < -0.3 is 16.0 Å². The van der Waals surface area contributed by atoms with Crippen molar-refractivity contribution in [3.8, 4) is 0 Å². The number of hydrogen-bond acceptors (Lipinski definition) is 5. The van der Waals surface area contributed by atoms with E-state index in [0.717, 1.165) is 6.07 Å². The number of nitrogens with zero attached hydrogens (tertiary/aromatic N) is 2. The quantitative estimate of drug-likeness (QED) is 0.400. The van der Waals surface area contributed by atoms with Gasteiger partial charge in [0.1, 0.15) is 17.5 Å². The Kier molecular flexibility index (Phi) is 7.04. The molecule has 3 rings (SSSR count). The van der Waals surface area contributed by atoms with Crippen LogP contribution in [0.25, 0.3) is 0 Å². The fourth-order valence-corrected chi connectivity index (χ4v) is 3.20. The minimum Gasteiger partial charge on any atom is -0.373 e. The average Bonchev–Trinajstić information content (AvgIpc) is 2.75. The lowest BCUT2D eigenvalue weighted by Gasteiger charge is -2.15. The molecule has 178 valence electrons. The molecule has 0 aliphatic carbocycles. The Bertz CT molecular complexity index is 1240. The van der Waals surface area contributed by atoms with Crippen molar-refractivity contribution in [2.24, 2.45) is 0 Å². The van der Waals surface area contributed by atoms with E-state index in [-0.39, 0.29) is 22.6 Å². The lowest BCUT2D eigenvalue weighted by atomic mass is 10.1. The third-order valence-electron chi connectivity index (χ3n) is 4.97. The molecular weight excluding hydrogens is 449 g/mol. The van der Waals surface area contributed by atoms with E-state index >= 15 is 0 Å². The highest BCUT2D eigenvalue weighted by Gasteiger charge is 2.33. The first-order chi connectivity index (χ1) is 16.0. The molecule has 1 aromatic heterocycles. The zero-order valence-electron chi connectivity index (χ0n) is 18.9. The molecule has 0 bridgehead atoms. The van der Waals surface area contributed by atoms with E-state index in [1.54, 1.807) is 33.0 Å². The molecule has 0 saturated heterocycles. The highest BCUT2D eigenvalue weighted by atomic mass is 19.4. The number of anilines is 4. The van der Waals surface area contributed by atoms with Gasteiger partial charge in [0, 0.05) is 30.1 Å². The molecule has 0 saturated carbocycles. The summed E-state index contributed by atoms with van der Waals surface area (Å²) >= 11 is 0. The summed E-state index contributed by atoms with van der Waals surface area (Å²) < 4.78 is 39.5. The van der Waals surface area contributed by atoms with Crippen molar-refractivity contribution >= 4 is 34.9 Å². The summed E-state index contributed by atoms with van der Waals surface area (Å²) in [5.74, 6) is 0.654. The van der Waals surface area contributed by atoms with Gasteiger partial charge in [0.15, 0.2) is 0 Å². The molecule has 2 aromatic carbocycles. The van der Waals surface area contributed by atoms with Crippen molar-refractivity contribution in [1.29, 1.82) is 0 Å². The molecule has 0 aliphatic heterocycles. The first kappa shape index (κ1) is 24.5. The summed E-state index contributed by atoms with van der Waals surface area (Å²) in [4.78, 5) is 33.5. The minimum absolute atomic E-state index is 0.0483. The maximum atomic E-state index is 13.2. The third kappa shape index (κ3) is 5.80. The Morgan fingerprint density at radius 1 is 0.853 bits per heavy atom. The Balaban J connectivity index is 1.77. The van der Waals surface area contributed by atoms with Gasteiger partial charge in [-0.1, -0.05) is 12.1 Å². The Morgan fingerprint density at radius 3 is 2.24 bits per heavy atom. The molecule has 1 heterocycles. The molecule has 4 N–H and O–H groups in total. The van der Waals surface area contributed by atoms with Gasteiger partial charge in [-0.2, -0.15) is 13.2 Å². The van der Waals surface area contributed by atoms with Gasteiger partial charge >= 0.3 is 12.2 Å². The Labute approximate surface area is 194 Å². The van der Waals surface area contributed by atoms with E-state index in [1.165, 1.54) is 31.2 Å². The lowest BCUT2D eigenvalue weighted by molar-refractivity contribution is -0.138. The van der Waals surface area contributed by atoms with Crippen LogP contribution >= 0.6 is 0 Å². The zero-order chi connectivity index (χ0) is 25.0. The summed E-state index contributed by atoms with van der Waals surface area (Å²) in [5, 5.41) is 10.6. The fourth-order valence-electron chi connectivity index (χ4n) is 3.20. The van der Waals surface area contributed by atoms with Crippen LogP contribution in [0.5, 0.6) is 0 Å². The first-order valence-corrected chi connectivity index (χ1v) is 10.2. The van der Waals surface area contributed by atoms with Crippen molar-refractivity contribution in [2.45, 2.75) is 26.9 Å². The molecule has 0 aliphatic rings. The van der Waals surface area contributed by atoms with Crippen LogP contribution in [0.2, 0.25) is 0 Å². The van der Waals surface area contributed by atoms with Gasteiger partial charge in [-0.05, 0) is 56.2 Å². The molecule has 0 spiro atoms. The predicted octanol–water partition coefficient (Wildman–Crippen LogP) is 5.36. The molecule has 0 unspecified atom stereocenters. The molecule has 11 heteroatoms. The highest BCUT2D eigenvalue weighted by Crippen LogP contribution is 2.34. The number of aryl methyl sites for hydroxylation is 2. The van der Waals surface area contributed by atoms with Gasteiger partial charge in [0.2, 0.25) is 0 Å². The molecule has 0 atom stereocenters. The van der Waals surface area contributed by atoms with Crippen LogP contribution in [0.1, 0.15) is 32.9 Å². The second-order valence-electron chi connectivity index (χ2n) is 7.47. The van der Waals surface area contributed by atoms with E-state index in [2.05, 4.69) is 31.2 Å². The number of hydrogen-bond donors (Lipinski definition) is 4. The molecular formula is C23H23F3N6O2. The average molecular weight is 472 g/mol. The van der Waals surface area contributed by atoms with Gasteiger partial charge in [0.25, 0.3) is 5.91 Å². The highest BCUT2D eigenvalue weighted by molar-refractivity contribution is 6.06. The van der Waals surface area contributed by atoms with E-state index in [4.69, 9.17) is 0 Å². The summed E-state index contributed by atoms with van der Waals surface area (Å²) in [5.41, 5.74) is 0.325. The number of amides is 3. The van der Waals surface area contributed by atoms with Crippen molar-refractivity contribution in [3.63, 3.8) is 0 Å². The van der Waals surface area contributed by atoms with Crippen molar-refractivity contribution < 1.29 is 22.8 Å². The number of aromatic nitrogens is 2. The normalized spacial score (nSPS) is 11.0. The van der Waals surface area contributed by atoms with Crippen LogP contribution < -0.4 is 21.3 Å². The monoisotopic (exact) mass is 472 g/mol. The number of carbonyl (C=O) groups is 2. The first-order valence-electron chi connectivity index (χ1n) is 10.2. The van der Waals surface area contributed by atoms with Crippen LogP contribution in [0.15, 0.2) is 42.5 Å². The van der Waals surface area contributed by atoms with Crippen LogP contribution in [0.3, 0.4) is 0 Å². The van der Waals surface area contributed by atoms with Crippen LogP contribution in [-0.4, -0.2) is 29.0 Å². The summed E-state index contributed by atoms with van der Waals surface area (Å²) in [6.07, 6.45) is -4.53. The maximum absolute atomic E-state index is 13.2. The van der Waals surface area contributed by atoms with Crippen molar-refractivity contribution in [1.82, 2.24) is 9.97 Å². The topological polar surface area (TPSA) is 108 Å². The van der Waals surface area contributed by atoms with E-state index in [0.29, 0.717) is 22.9 Å². The van der Waals surface area contributed by atoms with E-state index < -0.39 is 23.7 Å². The van der Waals surface area contributed by atoms with Gasteiger partial charge in [-0.25, -0.2) is 14.8 Å². The smallest absolute Gasteiger partial charge is 0.373 e. The number of nitrogens with one attached hydrogen (secondary N) is 4. The van der Waals surface area contributed by atoms with Crippen molar-refractivity contribution in [2.75, 3.05) is 28.3 Å². The molecule has 3 amide bonds. The Morgan fingerprint density at radius 2 is 1.56 bits per heavy atom. The second-order valence-corrected chi connectivity index (χ2v) is 7.47. The van der Waals surface area contributed by atoms with Gasteiger partial charge in [-0.15, -0.1) is 0 Å². The summed E-state index contributed by atoms with van der Waals surface area (Å²) in [6.45, 7) is 4.71. The number of alkyl halides is 3. The van der Waals surface area contributed by atoms with E-state index in [9.17, 15) is 22.8 Å². The lowest BCUT2D eigenvalue weighted by Crippen LogP contribution is -2.22. The van der Waals surface area contributed by atoms with Crippen LogP contribution in [0.4, 0.5) is 41.0 Å². The van der Waals surface area contributed by atoms with Gasteiger partial charge in [0.05, 0.1) is 5.56 Å². The summed E-state index contributed by atoms with van der Waals surface area (Å²) in [6, 6.07) is 9.13. The zero-order valence-corrected chi connectivity index (χ0v) is 18.9. The Hall–Kier alpha value is -4.15. The summed E-state index contributed by atoms with van der Waals surface area (Å²) in [7, 11) is 1.69. The molecule has 0 fully saturated rings. The molecule has 8 nitrogen and oxygen atoms in total. The largest absolute Gasteiger partial charge is 0.416 e. The fraction of sp³-hybridized carbons (Fsp3) is 0.217. The van der Waals surface area contributed by atoms with E-state index in [1.807, 2.05) is 0 Å². The van der Waals surface area contributed by atoms with Crippen molar-refractivity contribution in [3.05, 3.63) is 70.5 Å². The van der Waals surface area contributed by atoms with Gasteiger partial charge in [-0.3, -0.25) is 10.1 Å². The third-order valence-corrected chi connectivity index (χ3v) is 4.97. The standard InChI is InChI=1S/C23H23F3N6O2/c1-12-8-9-15(21(33)30-17-7-5-6-16(13(17)2)23(24,25)26)10-18(12)31-22(34)32-20-11-19(27-4)28-14(3)29-20/h5-11H,1-4H3,(H,30,33)(H3,27,28,29,31,32,34). The van der Waals surface area contributed by atoms with Crippen LogP contribution in [0, 0.1) is 20.8 Å². The number of benzene rings is 2. The molecule has 34 heavy (non-hydrogen) atoms. The molecule has 0 radical (unpaired) electrons. The number of halogens is 3. The number of rotatable bonds is 5. The number of carbonyl (C=O) groups excluding carboxylic acids is 2. The predicted molar refractivity (Wildman–Crippen MR) is 124 cm³/mol. The number of urea groups is 1. The molecule has 3 aromatic rings. The minimum atomic E-state index is -4.53. The SMILES string of the molecule is CNc1cc(NC(=O)Nc2cc(C(=O)Nc3cccc(C(F)(F)F)c3C)ccc2C)nc(C)n1. The van der Waals surface area contributed by atoms with Crippen LogP contribution in [-0.2, 0) is 6.18 Å². The maximum Gasteiger partial charge on any atom is 0.416 e.